The Balaban J connectivity index is 2.66. The van der Waals surface area contributed by atoms with Gasteiger partial charge in [-0.15, -0.1) is 13.2 Å². The number of nitrogens with two attached hydrogens (primary N) is 1. The molecule has 7 nitrogen and oxygen atoms in total. The van der Waals surface area contributed by atoms with E-state index in [2.05, 4.69) is 4.74 Å². The van der Waals surface area contributed by atoms with E-state index in [-0.39, 0.29) is 22.4 Å². The second-order valence-corrected chi connectivity index (χ2v) is 10.5. The number of anilines is 1. The van der Waals surface area contributed by atoms with Crippen LogP contribution in [0.3, 0.4) is 0 Å². The molecule has 0 aliphatic carbocycles. The predicted molar refractivity (Wildman–Crippen MR) is 122 cm³/mol. The SMILES string of the molecule is Cc1cc(OC(F)(F)F)ccc1N(C(=O)c1c(I)cccc1C(N)=O)[C@@H](C)CS(C)(=O)=O. The van der Waals surface area contributed by atoms with Gasteiger partial charge in [-0.1, -0.05) is 6.07 Å². The van der Waals surface area contributed by atoms with Gasteiger partial charge in [0.05, 0.1) is 16.9 Å². The van der Waals surface area contributed by atoms with Crippen molar-refractivity contribution in [3.05, 3.63) is 56.7 Å². The smallest absolute Gasteiger partial charge is 0.406 e. The number of ether oxygens (including phenoxy) is 1. The zero-order chi connectivity index (χ0) is 24.4. The van der Waals surface area contributed by atoms with Gasteiger partial charge in [0, 0.05) is 21.6 Å². The number of halogens is 4. The van der Waals surface area contributed by atoms with E-state index in [1.807, 2.05) is 22.6 Å². The molecule has 0 saturated carbocycles. The Morgan fingerprint density at radius 1 is 1.22 bits per heavy atom. The first kappa shape index (κ1) is 25.9. The molecule has 2 rings (SSSR count). The van der Waals surface area contributed by atoms with Crippen LogP contribution in [0.15, 0.2) is 36.4 Å². The molecule has 0 saturated heterocycles. The molecule has 2 amide bonds. The second kappa shape index (κ2) is 9.65. The largest absolute Gasteiger partial charge is 0.573 e. The highest BCUT2D eigenvalue weighted by Gasteiger charge is 2.33. The van der Waals surface area contributed by atoms with Gasteiger partial charge < -0.3 is 15.4 Å². The third kappa shape index (κ3) is 6.58. The number of alkyl halides is 3. The van der Waals surface area contributed by atoms with Crippen LogP contribution in [0, 0.1) is 10.5 Å². The van der Waals surface area contributed by atoms with Crippen LogP contribution in [0.5, 0.6) is 5.75 Å². The molecule has 2 aromatic rings. The third-order valence-corrected chi connectivity index (χ3v) is 6.34. The number of hydrogen-bond acceptors (Lipinski definition) is 5. The first-order valence-corrected chi connectivity index (χ1v) is 12.2. The first-order chi connectivity index (χ1) is 14.6. The van der Waals surface area contributed by atoms with E-state index in [9.17, 15) is 31.2 Å². The molecule has 0 unspecified atom stereocenters. The van der Waals surface area contributed by atoms with Crippen molar-refractivity contribution in [3.8, 4) is 5.75 Å². The Hall–Kier alpha value is -2.35. The van der Waals surface area contributed by atoms with E-state index in [0.29, 0.717) is 3.57 Å². The summed E-state index contributed by atoms with van der Waals surface area (Å²) in [5.41, 5.74) is 5.71. The van der Waals surface area contributed by atoms with Crippen molar-refractivity contribution in [1.29, 1.82) is 0 Å². The monoisotopic (exact) mass is 584 g/mol. The number of nitrogens with zero attached hydrogens (tertiary/aromatic N) is 1. The number of sulfone groups is 1. The maximum Gasteiger partial charge on any atom is 0.573 e. The highest BCUT2D eigenvalue weighted by molar-refractivity contribution is 14.1. The van der Waals surface area contributed by atoms with Crippen molar-refractivity contribution in [3.63, 3.8) is 0 Å². The lowest BCUT2D eigenvalue weighted by Gasteiger charge is -2.31. The Labute approximate surface area is 196 Å². The molecule has 174 valence electrons. The third-order valence-electron chi connectivity index (χ3n) is 4.36. The minimum absolute atomic E-state index is 0.0315. The van der Waals surface area contributed by atoms with Crippen molar-refractivity contribution < 1.29 is 35.9 Å². The molecule has 0 fully saturated rings. The standard InChI is InChI=1S/C20H20F3IN2O5S/c1-11-9-13(31-20(21,22)23)7-8-16(11)26(12(2)10-32(3,29)30)19(28)17-14(18(25)27)5-4-6-15(17)24/h4-9,12H,10H2,1-3H3,(H2,25,27)/t12-/m0/s1. The zero-order valence-corrected chi connectivity index (χ0v) is 20.2. The number of benzene rings is 2. The van der Waals surface area contributed by atoms with E-state index in [0.717, 1.165) is 23.3 Å². The van der Waals surface area contributed by atoms with Crippen LogP contribution in [-0.2, 0) is 9.84 Å². The number of carbonyl (C=O) groups excluding carboxylic acids is 2. The zero-order valence-electron chi connectivity index (χ0n) is 17.2. The van der Waals surface area contributed by atoms with Gasteiger partial charge in [0.2, 0.25) is 5.91 Å². The predicted octanol–water partition coefficient (Wildman–Crippen LogP) is 3.68. The topological polar surface area (TPSA) is 107 Å². The van der Waals surface area contributed by atoms with Crippen molar-refractivity contribution in [2.75, 3.05) is 16.9 Å². The van der Waals surface area contributed by atoms with Gasteiger partial charge in [-0.05, 0) is 72.3 Å². The Kier molecular flexibility index (Phi) is 7.81. The van der Waals surface area contributed by atoms with E-state index >= 15 is 0 Å². The van der Waals surface area contributed by atoms with Gasteiger partial charge in [0.25, 0.3) is 5.91 Å². The van der Waals surface area contributed by atoms with Crippen LogP contribution in [0.4, 0.5) is 18.9 Å². The van der Waals surface area contributed by atoms with E-state index in [1.54, 1.807) is 6.07 Å². The van der Waals surface area contributed by atoms with Gasteiger partial charge >= 0.3 is 6.36 Å². The minimum atomic E-state index is -4.90. The lowest BCUT2D eigenvalue weighted by atomic mass is 10.0. The minimum Gasteiger partial charge on any atom is -0.406 e. The molecule has 0 heterocycles. The van der Waals surface area contributed by atoms with Gasteiger partial charge in [0.1, 0.15) is 15.6 Å². The van der Waals surface area contributed by atoms with Crippen LogP contribution in [0.1, 0.15) is 33.2 Å². The number of rotatable bonds is 7. The van der Waals surface area contributed by atoms with Crippen molar-refractivity contribution >= 4 is 49.9 Å². The fraction of sp³-hybridized carbons (Fsp3) is 0.300. The lowest BCUT2D eigenvalue weighted by molar-refractivity contribution is -0.274. The lowest BCUT2D eigenvalue weighted by Crippen LogP contribution is -2.44. The molecule has 1 atom stereocenters. The van der Waals surface area contributed by atoms with Crippen LogP contribution >= 0.6 is 22.6 Å². The summed E-state index contributed by atoms with van der Waals surface area (Å²) >= 11 is 1.85. The molecule has 0 aliphatic heterocycles. The molecule has 0 aliphatic rings. The summed E-state index contributed by atoms with van der Waals surface area (Å²) < 4.78 is 65.8. The first-order valence-electron chi connectivity index (χ1n) is 9.06. The average Bonchev–Trinajstić information content (AvgIpc) is 2.60. The summed E-state index contributed by atoms with van der Waals surface area (Å²) in [4.78, 5) is 26.6. The molecular formula is C20H20F3IN2O5S. The molecule has 2 N–H and O–H groups in total. The fourth-order valence-electron chi connectivity index (χ4n) is 3.22. The van der Waals surface area contributed by atoms with Crippen LogP contribution in [0.2, 0.25) is 0 Å². The van der Waals surface area contributed by atoms with Crippen molar-refractivity contribution in [2.45, 2.75) is 26.3 Å². The van der Waals surface area contributed by atoms with E-state index < -0.39 is 45.6 Å². The highest BCUT2D eigenvalue weighted by atomic mass is 127. The molecule has 12 heteroatoms. The molecular weight excluding hydrogens is 564 g/mol. The van der Waals surface area contributed by atoms with Crippen molar-refractivity contribution in [1.82, 2.24) is 0 Å². The van der Waals surface area contributed by atoms with Gasteiger partial charge in [-0.25, -0.2) is 8.42 Å². The number of aryl methyl sites for hydroxylation is 1. The summed E-state index contributed by atoms with van der Waals surface area (Å²) in [5.74, 6) is -2.48. The van der Waals surface area contributed by atoms with E-state index in [1.165, 1.54) is 32.0 Å². The summed E-state index contributed by atoms with van der Waals surface area (Å²) in [6.07, 6.45) is -3.90. The van der Waals surface area contributed by atoms with Crippen molar-refractivity contribution in [2.24, 2.45) is 5.73 Å². The number of amides is 2. The molecule has 0 aromatic heterocycles. The van der Waals surface area contributed by atoms with E-state index in [4.69, 9.17) is 5.73 Å². The van der Waals surface area contributed by atoms with Gasteiger partial charge in [0.15, 0.2) is 0 Å². The summed E-state index contributed by atoms with van der Waals surface area (Å²) in [6.45, 7) is 2.94. The Bertz CT molecular complexity index is 1150. The van der Waals surface area contributed by atoms with Crippen LogP contribution in [-0.4, -0.2) is 44.6 Å². The molecule has 0 spiro atoms. The quantitative estimate of drug-likeness (QED) is 0.500. The summed E-state index contributed by atoms with van der Waals surface area (Å²) in [6, 6.07) is 6.90. The average molecular weight is 584 g/mol. The number of primary amides is 1. The second-order valence-electron chi connectivity index (χ2n) is 7.14. The molecule has 2 aromatic carbocycles. The fourth-order valence-corrected chi connectivity index (χ4v) is 4.98. The molecule has 32 heavy (non-hydrogen) atoms. The van der Waals surface area contributed by atoms with Crippen LogP contribution < -0.4 is 15.4 Å². The number of hydrogen-bond donors (Lipinski definition) is 1. The Morgan fingerprint density at radius 3 is 2.34 bits per heavy atom. The molecule has 0 radical (unpaired) electrons. The normalized spacial score (nSPS) is 12.8. The maximum absolute atomic E-state index is 13.6. The van der Waals surface area contributed by atoms with Gasteiger partial charge in [-0.3, -0.25) is 9.59 Å². The highest BCUT2D eigenvalue weighted by Crippen LogP contribution is 2.32. The van der Waals surface area contributed by atoms with Gasteiger partial charge in [-0.2, -0.15) is 0 Å². The maximum atomic E-state index is 13.6. The summed E-state index contributed by atoms with van der Waals surface area (Å²) in [7, 11) is -3.53. The Morgan fingerprint density at radius 2 is 1.84 bits per heavy atom. The number of carbonyl (C=O) groups is 2. The molecule has 0 bridgehead atoms. The summed E-state index contributed by atoms with van der Waals surface area (Å²) in [5, 5.41) is 0. The van der Waals surface area contributed by atoms with Crippen LogP contribution in [0.25, 0.3) is 0 Å².